The van der Waals surface area contributed by atoms with Gasteiger partial charge < -0.3 is 0 Å². The smallest absolute Gasteiger partial charge is 0.178 e. The summed E-state index contributed by atoms with van der Waals surface area (Å²) < 4.78 is 1.78. The highest BCUT2D eigenvalue weighted by Crippen LogP contribution is 2.12. The fourth-order valence-corrected chi connectivity index (χ4v) is 1.81. The van der Waals surface area contributed by atoms with Crippen LogP contribution in [-0.4, -0.2) is 20.0 Å². The normalized spacial score (nSPS) is 10.9. The first-order valence-corrected chi connectivity index (χ1v) is 5.59. The van der Waals surface area contributed by atoms with Gasteiger partial charge in [-0.05, 0) is 29.8 Å². The van der Waals surface area contributed by atoms with Gasteiger partial charge in [0.1, 0.15) is 5.52 Å². The number of benzene rings is 1. The molecule has 3 aromatic rings. The number of halogens is 1. The van der Waals surface area contributed by atoms with Gasteiger partial charge in [0.25, 0.3) is 0 Å². The minimum absolute atomic E-state index is 0.644. The predicted octanol–water partition coefficient (Wildman–Crippen LogP) is 2.53. The van der Waals surface area contributed by atoms with Gasteiger partial charge in [-0.1, -0.05) is 28.9 Å². The second-order valence-corrected chi connectivity index (χ2v) is 4.16. The SMILES string of the molecule is Clc1ccc(Cn2nnc3cccnc32)cc1. The molecule has 0 atom stereocenters. The first-order chi connectivity index (χ1) is 8.33. The Morgan fingerprint density at radius 2 is 1.94 bits per heavy atom. The van der Waals surface area contributed by atoms with Gasteiger partial charge in [-0.25, -0.2) is 9.67 Å². The molecule has 3 rings (SSSR count). The summed E-state index contributed by atoms with van der Waals surface area (Å²) in [6.45, 7) is 0.644. The lowest BCUT2D eigenvalue weighted by Gasteiger charge is -2.01. The molecule has 0 bridgehead atoms. The maximum Gasteiger partial charge on any atom is 0.178 e. The maximum atomic E-state index is 5.84. The third-order valence-corrected chi connectivity index (χ3v) is 2.77. The Labute approximate surface area is 103 Å². The van der Waals surface area contributed by atoms with Crippen LogP contribution in [0.25, 0.3) is 11.2 Å². The minimum Gasteiger partial charge on any atom is -0.235 e. The van der Waals surface area contributed by atoms with E-state index in [-0.39, 0.29) is 0 Å². The number of pyridine rings is 1. The monoisotopic (exact) mass is 244 g/mol. The van der Waals surface area contributed by atoms with Crippen molar-refractivity contribution in [1.29, 1.82) is 0 Å². The lowest BCUT2D eigenvalue weighted by atomic mass is 10.2. The van der Waals surface area contributed by atoms with Crippen molar-refractivity contribution in [1.82, 2.24) is 20.0 Å². The Hall–Kier alpha value is -1.94. The molecule has 0 N–H and O–H groups in total. The van der Waals surface area contributed by atoms with Gasteiger partial charge in [0.15, 0.2) is 5.65 Å². The number of rotatable bonds is 2. The largest absolute Gasteiger partial charge is 0.235 e. The van der Waals surface area contributed by atoms with Crippen LogP contribution in [-0.2, 0) is 6.54 Å². The van der Waals surface area contributed by atoms with E-state index in [0.29, 0.717) is 6.54 Å². The summed E-state index contributed by atoms with van der Waals surface area (Å²) in [6.07, 6.45) is 1.74. The van der Waals surface area contributed by atoms with E-state index in [4.69, 9.17) is 11.6 Å². The zero-order chi connectivity index (χ0) is 11.7. The third kappa shape index (κ3) is 1.99. The van der Waals surface area contributed by atoms with Crippen molar-refractivity contribution in [3.05, 3.63) is 53.2 Å². The fourth-order valence-electron chi connectivity index (χ4n) is 1.68. The molecule has 2 aromatic heterocycles. The van der Waals surface area contributed by atoms with Crippen LogP contribution in [0.15, 0.2) is 42.6 Å². The van der Waals surface area contributed by atoms with E-state index in [0.717, 1.165) is 21.7 Å². The molecule has 5 heteroatoms. The van der Waals surface area contributed by atoms with Crippen LogP contribution in [0.5, 0.6) is 0 Å². The van der Waals surface area contributed by atoms with Crippen LogP contribution in [0.2, 0.25) is 5.02 Å². The van der Waals surface area contributed by atoms with Gasteiger partial charge in [0, 0.05) is 11.2 Å². The van der Waals surface area contributed by atoms with E-state index in [2.05, 4.69) is 15.3 Å². The molecule has 2 heterocycles. The quantitative estimate of drug-likeness (QED) is 0.696. The van der Waals surface area contributed by atoms with Crippen molar-refractivity contribution in [2.75, 3.05) is 0 Å². The first-order valence-electron chi connectivity index (χ1n) is 5.21. The molecule has 0 aliphatic heterocycles. The van der Waals surface area contributed by atoms with E-state index >= 15 is 0 Å². The minimum atomic E-state index is 0.644. The Kier molecular flexibility index (Phi) is 2.49. The van der Waals surface area contributed by atoms with E-state index in [1.807, 2.05) is 36.4 Å². The van der Waals surface area contributed by atoms with Crippen molar-refractivity contribution in [2.45, 2.75) is 6.54 Å². The molecule has 0 spiro atoms. The van der Waals surface area contributed by atoms with Crippen LogP contribution in [0.3, 0.4) is 0 Å². The topological polar surface area (TPSA) is 43.6 Å². The molecular formula is C12H9ClN4. The summed E-state index contributed by atoms with van der Waals surface area (Å²) in [5.74, 6) is 0. The molecule has 0 saturated carbocycles. The van der Waals surface area contributed by atoms with Crippen molar-refractivity contribution >= 4 is 22.8 Å². The summed E-state index contributed by atoms with van der Waals surface area (Å²) in [5, 5.41) is 8.87. The zero-order valence-electron chi connectivity index (χ0n) is 8.92. The summed E-state index contributed by atoms with van der Waals surface area (Å²) in [5.41, 5.74) is 2.72. The second-order valence-electron chi connectivity index (χ2n) is 3.72. The van der Waals surface area contributed by atoms with Crippen molar-refractivity contribution in [2.24, 2.45) is 0 Å². The first kappa shape index (κ1) is 10.2. The summed E-state index contributed by atoms with van der Waals surface area (Å²) in [4.78, 5) is 4.27. The number of hydrogen-bond donors (Lipinski definition) is 0. The lowest BCUT2D eigenvalue weighted by molar-refractivity contribution is 0.664. The molecule has 84 valence electrons. The molecule has 0 saturated heterocycles. The maximum absolute atomic E-state index is 5.84. The lowest BCUT2D eigenvalue weighted by Crippen LogP contribution is -2.02. The number of aromatic nitrogens is 4. The van der Waals surface area contributed by atoms with Gasteiger partial charge in [-0.3, -0.25) is 0 Å². The Balaban J connectivity index is 1.97. The van der Waals surface area contributed by atoms with Crippen molar-refractivity contribution in [3.8, 4) is 0 Å². The Bertz CT molecular complexity index is 645. The van der Waals surface area contributed by atoms with Crippen molar-refractivity contribution in [3.63, 3.8) is 0 Å². The van der Waals surface area contributed by atoms with Gasteiger partial charge in [0.05, 0.1) is 6.54 Å². The molecular weight excluding hydrogens is 236 g/mol. The molecule has 17 heavy (non-hydrogen) atoms. The summed E-state index contributed by atoms with van der Waals surface area (Å²) in [7, 11) is 0. The standard InChI is InChI=1S/C12H9ClN4/c13-10-5-3-9(4-6-10)8-17-12-11(15-16-17)2-1-7-14-12/h1-7H,8H2. The molecule has 4 nitrogen and oxygen atoms in total. The highest BCUT2D eigenvalue weighted by atomic mass is 35.5. The van der Waals surface area contributed by atoms with Crippen LogP contribution < -0.4 is 0 Å². The Morgan fingerprint density at radius 3 is 2.76 bits per heavy atom. The van der Waals surface area contributed by atoms with Gasteiger partial charge in [-0.2, -0.15) is 0 Å². The molecule has 0 radical (unpaired) electrons. The molecule has 0 unspecified atom stereocenters. The summed E-state index contributed by atoms with van der Waals surface area (Å²) in [6, 6.07) is 11.4. The fraction of sp³-hybridized carbons (Fsp3) is 0.0833. The Morgan fingerprint density at radius 1 is 1.12 bits per heavy atom. The van der Waals surface area contributed by atoms with Gasteiger partial charge in [0.2, 0.25) is 0 Å². The van der Waals surface area contributed by atoms with Crippen LogP contribution >= 0.6 is 11.6 Å². The number of nitrogens with zero attached hydrogens (tertiary/aromatic N) is 4. The third-order valence-electron chi connectivity index (χ3n) is 2.52. The van der Waals surface area contributed by atoms with Gasteiger partial charge in [-0.15, -0.1) is 5.10 Å². The highest BCUT2D eigenvalue weighted by molar-refractivity contribution is 6.30. The van der Waals surface area contributed by atoms with E-state index in [1.54, 1.807) is 10.9 Å². The molecule has 0 fully saturated rings. The van der Waals surface area contributed by atoms with Gasteiger partial charge >= 0.3 is 0 Å². The average molecular weight is 245 g/mol. The number of fused-ring (bicyclic) bond motifs is 1. The second kappa shape index (κ2) is 4.14. The highest BCUT2D eigenvalue weighted by Gasteiger charge is 2.04. The number of hydrogen-bond acceptors (Lipinski definition) is 3. The zero-order valence-corrected chi connectivity index (χ0v) is 9.67. The van der Waals surface area contributed by atoms with E-state index < -0.39 is 0 Å². The molecule has 0 aliphatic carbocycles. The predicted molar refractivity (Wildman–Crippen MR) is 65.9 cm³/mol. The van der Waals surface area contributed by atoms with Crippen LogP contribution in [0, 0.1) is 0 Å². The molecule has 0 aliphatic rings. The molecule has 0 amide bonds. The summed E-state index contributed by atoms with van der Waals surface area (Å²) >= 11 is 5.84. The van der Waals surface area contributed by atoms with E-state index in [1.165, 1.54) is 0 Å². The van der Waals surface area contributed by atoms with E-state index in [9.17, 15) is 0 Å². The van der Waals surface area contributed by atoms with Crippen LogP contribution in [0.4, 0.5) is 0 Å². The van der Waals surface area contributed by atoms with Crippen molar-refractivity contribution < 1.29 is 0 Å². The molecule has 1 aromatic carbocycles. The average Bonchev–Trinajstić information content (AvgIpc) is 2.76. The van der Waals surface area contributed by atoms with Crippen LogP contribution in [0.1, 0.15) is 5.56 Å².